The fourth-order valence-electron chi connectivity index (χ4n) is 2.08. The molecule has 0 aliphatic carbocycles. The van der Waals surface area contributed by atoms with E-state index in [9.17, 15) is 8.78 Å². The number of hydrogen-bond donors (Lipinski definition) is 1. The predicted octanol–water partition coefficient (Wildman–Crippen LogP) is 3.64. The van der Waals surface area contributed by atoms with Crippen molar-refractivity contribution in [1.29, 1.82) is 0 Å². The van der Waals surface area contributed by atoms with Crippen LogP contribution in [0, 0.1) is 11.6 Å². The van der Waals surface area contributed by atoms with Crippen molar-refractivity contribution < 1.29 is 8.78 Å². The van der Waals surface area contributed by atoms with E-state index in [1.807, 2.05) is 19.2 Å². The summed E-state index contributed by atoms with van der Waals surface area (Å²) >= 11 is 0. The Kier molecular flexibility index (Phi) is 4.32. The van der Waals surface area contributed by atoms with Gasteiger partial charge in [0.05, 0.1) is 0 Å². The first kappa shape index (κ1) is 13.7. The molecule has 0 bridgehead atoms. The number of nitrogens with zero attached hydrogens (tertiary/aromatic N) is 1. The van der Waals surface area contributed by atoms with Gasteiger partial charge < -0.3 is 9.88 Å². The molecule has 0 fully saturated rings. The first-order valence-corrected chi connectivity index (χ1v) is 6.44. The molecule has 4 heteroatoms. The molecular weight excluding hydrogens is 246 g/mol. The Labute approximate surface area is 112 Å². The van der Waals surface area contributed by atoms with E-state index in [1.54, 1.807) is 6.07 Å². The summed E-state index contributed by atoms with van der Waals surface area (Å²) < 4.78 is 28.2. The standard InChI is InChI=1S/C15H18F2N2/c1-3-19-8-4-5-13(19)10-18-11(2)12-6-7-14(16)15(17)9-12/h4-9,11,18H,3,10H2,1-2H3. The van der Waals surface area contributed by atoms with Crippen LogP contribution in [0.4, 0.5) is 8.78 Å². The molecule has 19 heavy (non-hydrogen) atoms. The highest BCUT2D eigenvalue weighted by Crippen LogP contribution is 2.16. The zero-order chi connectivity index (χ0) is 13.8. The van der Waals surface area contributed by atoms with Crippen LogP contribution in [-0.2, 0) is 13.1 Å². The van der Waals surface area contributed by atoms with Gasteiger partial charge in [-0.05, 0) is 43.7 Å². The van der Waals surface area contributed by atoms with E-state index in [1.165, 1.54) is 11.8 Å². The number of hydrogen-bond acceptors (Lipinski definition) is 1. The Balaban J connectivity index is 2.01. The molecule has 1 unspecified atom stereocenters. The van der Waals surface area contributed by atoms with Crippen molar-refractivity contribution in [3.8, 4) is 0 Å². The highest BCUT2D eigenvalue weighted by atomic mass is 19.2. The van der Waals surface area contributed by atoms with Crippen LogP contribution in [0.15, 0.2) is 36.5 Å². The lowest BCUT2D eigenvalue weighted by Crippen LogP contribution is -2.20. The number of rotatable bonds is 5. The summed E-state index contributed by atoms with van der Waals surface area (Å²) in [6, 6.07) is 8.03. The molecule has 1 aromatic heterocycles. The van der Waals surface area contributed by atoms with E-state index in [0.29, 0.717) is 6.54 Å². The van der Waals surface area contributed by atoms with E-state index in [4.69, 9.17) is 0 Å². The number of nitrogens with one attached hydrogen (secondary N) is 1. The summed E-state index contributed by atoms with van der Waals surface area (Å²) in [5.41, 5.74) is 1.92. The molecule has 0 aliphatic heterocycles. The van der Waals surface area contributed by atoms with Gasteiger partial charge in [-0.25, -0.2) is 8.78 Å². The molecule has 0 amide bonds. The smallest absolute Gasteiger partial charge is 0.159 e. The van der Waals surface area contributed by atoms with Gasteiger partial charge in [0.15, 0.2) is 11.6 Å². The summed E-state index contributed by atoms with van der Waals surface area (Å²) in [6.45, 7) is 5.64. The second kappa shape index (κ2) is 5.97. The van der Waals surface area contributed by atoms with Gasteiger partial charge in [-0.1, -0.05) is 6.07 Å². The normalized spacial score (nSPS) is 12.6. The third-order valence-corrected chi connectivity index (χ3v) is 3.30. The molecule has 0 saturated heterocycles. The highest BCUT2D eigenvalue weighted by Gasteiger charge is 2.09. The summed E-state index contributed by atoms with van der Waals surface area (Å²) in [6.07, 6.45) is 2.03. The van der Waals surface area contributed by atoms with Crippen molar-refractivity contribution in [3.63, 3.8) is 0 Å². The van der Waals surface area contributed by atoms with Crippen LogP contribution >= 0.6 is 0 Å². The van der Waals surface area contributed by atoms with Gasteiger partial charge in [0.25, 0.3) is 0 Å². The van der Waals surface area contributed by atoms with Gasteiger partial charge in [-0.2, -0.15) is 0 Å². The Bertz CT molecular complexity index is 549. The van der Waals surface area contributed by atoms with Gasteiger partial charge >= 0.3 is 0 Å². The van der Waals surface area contributed by atoms with Gasteiger partial charge in [0, 0.05) is 31.0 Å². The molecule has 0 aliphatic rings. The molecule has 2 rings (SSSR count). The van der Waals surface area contributed by atoms with Crippen LogP contribution in [0.1, 0.15) is 31.1 Å². The monoisotopic (exact) mass is 264 g/mol. The number of aryl methyl sites for hydroxylation is 1. The van der Waals surface area contributed by atoms with Gasteiger partial charge in [-0.3, -0.25) is 0 Å². The van der Waals surface area contributed by atoms with Crippen molar-refractivity contribution in [2.75, 3.05) is 0 Å². The van der Waals surface area contributed by atoms with Crippen LogP contribution in [0.25, 0.3) is 0 Å². The summed E-state index contributed by atoms with van der Waals surface area (Å²) in [5, 5.41) is 3.31. The second-order valence-electron chi connectivity index (χ2n) is 4.56. The van der Waals surface area contributed by atoms with Crippen LogP contribution in [0.5, 0.6) is 0 Å². The predicted molar refractivity (Wildman–Crippen MR) is 71.7 cm³/mol. The average Bonchev–Trinajstić information content (AvgIpc) is 2.86. The topological polar surface area (TPSA) is 17.0 Å². The molecule has 1 atom stereocenters. The fraction of sp³-hybridized carbons (Fsp3) is 0.333. The number of benzene rings is 1. The maximum Gasteiger partial charge on any atom is 0.159 e. The third kappa shape index (κ3) is 3.20. The largest absolute Gasteiger partial charge is 0.351 e. The second-order valence-corrected chi connectivity index (χ2v) is 4.56. The van der Waals surface area contributed by atoms with E-state index < -0.39 is 11.6 Å². The maximum atomic E-state index is 13.2. The SMILES string of the molecule is CCn1cccc1CNC(C)c1ccc(F)c(F)c1. The average molecular weight is 264 g/mol. The molecule has 2 aromatic rings. The van der Waals surface area contributed by atoms with Gasteiger partial charge in [0.2, 0.25) is 0 Å². The van der Waals surface area contributed by atoms with E-state index in [0.717, 1.165) is 18.2 Å². The van der Waals surface area contributed by atoms with E-state index >= 15 is 0 Å². The zero-order valence-corrected chi connectivity index (χ0v) is 11.2. The summed E-state index contributed by atoms with van der Waals surface area (Å²) in [7, 11) is 0. The molecule has 0 spiro atoms. The van der Waals surface area contributed by atoms with E-state index in [-0.39, 0.29) is 6.04 Å². The quantitative estimate of drug-likeness (QED) is 0.872. The molecule has 1 aromatic carbocycles. The highest BCUT2D eigenvalue weighted by molar-refractivity contribution is 5.21. The number of aromatic nitrogens is 1. The summed E-state index contributed by atoms with van der Waals surface area (Å²) in [4.78, 5) is 0. The van der Waals surface area contributed by atoms with Crippen molar-refractivity contribution in [2.45, 2.75) is 33.0 Å². The summed E-state index contributed by atoms with van der Waals surface area (Å²) in [5.74, 6) is -1.61. The van der Waals surface area contributed by atoms with Gasteiger partial charge in [0.1, 0.15) is 0 Å². The Morgan fingerprint density at radius 1 is 1.21 bits per heavy atom. The third-order valence-electron chi connectivity index (χ3n) is 3.30. The number of halogens is 2. The molecule has 0 saturated carbocycles. The van der Waals surface area contributed by atoms with Crippen LogP contribution in [0.2, 0.25) is 0 Å². The molecule has 102 valence electrons. The van der Waals surface area contributed by atoms with Crippen molar-refractivity contribution in [1.82, 2.24) is 9.88 Å². The fourth-order valence-corrected chi connectivity index (χ4v) is 2.08. The lowest BCUT2D eigenvalue weighted by molar-refractivity contribution is 0.499. The van der Waals surface area contributed by atoms with Gasteiger partial charge in [-0.15, -0.1) is 0 Å². The minimum Gasteiger partial charge on any atom is -0.351 e. The van der Waals surface area contributed by atoms with Crippen molar-refractivity contribution in [3.05, 3.63) is 59.4 Å². The van der Waals surface area contributed by atoms with Crippen LogP contribution in [-0.4, -0.2) is 4.57 Å². The molecular formula is C15H18F2N2. The molecule has 0 radical (unpaired) electrons. The van der Waals surface area contributed by atoms with Crippen molar-refractivity contribution in [2.24, 2.45) is 0 Å². The van der Waals surface area contributed by atoms with Crippen LogP contribution < -0.4 is 5.32 Å². The zero-order valence-electron chi connectivity index (χ0n) is 11.2. The van der Waals surface area contributed by atoms with E-state index in [2.05, 4.69) is 22.9 Å². The Hall–Kier alpha value is -1.68. The maximum absolute atomic E-state index is 13.2. The first-order chi connectivity index (χ1) is 9.11. The van der Waals surface area contributed by atoms with Crippen LogP contribution in [0.3, 0.4) is 0 Å². The van der Waals surface area contributed by atoms with Crippen molar-refractivity contribution >= 4 is 0 Å². The Morgan fingerprint density at radius 3 is 2.68 bits per heavy atom. The molecule has 1 N–H and O–H groups in total. The Morgan fingerprint density at radius 2 is 2.00 bits per heavy atom. The molecule has 1 heterocycles. The lowest BCUT2D eigenvalue weighted by Gasteiger charge is -2.15. The first-order valence-electron chi connectivity index (χ1n) is 6.44. The minimum absolute atomic E-state index is 0.0321. The minimum atomic E-state index is -0.809. The lowest BCUT2D eigenvalue weighted by atomic mass is 10.1. The molecule has 2 nitrogen and oxygen atoms in total.